The van der Waals surface area contributed by atoms with Crippen molar-refractivity contribution in [1.82, 2.24) is 20.1 Å². The second kappa shape index (κ2) is 7.73. The van der Waals surface area contributed by atoms with Gasteiger partial charge in [-0.25, -0.2) is 9.67 Å². The average Bonchev–Trinajstić information content (AvgIpc) is 3.38. The van der Waals surface area contributed by atoms with Crippen molar-refractivity contribution >= 4 is 5.91 Å². The van der Waals surface area contributed by atoms with Crippen LogP contribution in [0.4, 0.5) is 0 Å². The van der Waals surface area contributed by atoms with E-state index in [1.807, 2.05) is 6.92 Å². The molecule has 0 aliphatic carbocycles. The van der Waals surface area contributed by atoms with Gasteiger partial charge in [-0.2, -0.15) is 5.26 Å². The molecule has 1 fully saturated rings. The van der Waals surface area contributed by atoms with Gasteiger partial charge < -0.3 is 10.1 Å². The topological polar surface area (TPSA) is 113 Å². The lowest BCUT2D eigenvalue weighted by molar-refractivity contribution is 0.0929. The van der Waals surface area contributed by atoms with Gasteiger partial charge in [-0.3, -0.25) is 14.7 Å². The van der Waals surface area contributed by atoms with Crippen LogP contribution in [0.5, 0.6) is 0 Å². The molecule has 0 spiro atoms. The first kappa shape index (κ1) is 18.7. The van der Waals surface area contributed by atoms with E-state index in [0.717, 1.165) is 17.5 Å². The summed E-state index contributed by atoms with van der Waals surface area (Å²) in [6, 6.07) is 10.5. The number of carbonyl (C=O) groups excluding carboxylic acids is 1. The zero-order valence-corrected chi connectivity index (χ0v) is 15.8. The Balaban J connectivity index is 1.57. The van der Waals surface area contributed by atoms with Gasteiger partial charge in [0.1, 0.15) is 0 Å². The summed E-state index contributed by atoms with van der Waals surface area (Å²) in [7, 11) is 0. The Kier molecular flexibility index (Phi) is 4.97. The fourth-order valence-electron chi connectivity index (χ4n) is 3.34. The summed E-state index contributed by atoms with van der Waals surface area (Å²) in [5.41, 5.74) is 2.77. The van der Waals surface area contributed by atoms with E-state index in [1.54, 1.807) is 36.5 Å². The highest BCUT2D eigenvalue weighted by Gasteiger charge is 2.19. The third kappa shape index (κ3) is 3.68. The molecule has 8 nitrogen and oxygen atoms in total. The van der Waals surface area contributed by atoms with Crippen molar-refractivity contribution in [3.8, 4) is 23.0 Å². The van der Waals surface area contributed by atoms with Crippen molar-refractivity contribution in [3.63, 3.8) is 0 Å². The Morgan fingerprint density at radius 1 is 1.34 bits per heavy atom. The van der Waals surface area contributed by atoms with Crippen molar-refractivity contribution in [2.24, 2.45) is 0 Å². The highest BCUT2D eigenvalue weighted by molar-refractivity contribution is 5.94. The maximum absolute atomic E-state index is 12.9. The van der Waals surface area contributed by atoms with Crippen molar-refractivity contribution in [2.45, 2.75) is 19.4 Å². The van der Waals surface area contributed by atoms with E-state index in [2.05, 4.69) is 21.5 Å². The second-order valence-corrected chi connectivity index (χ2v) is 6.91. The van der Waals surface area contributed by atoms with E-state index >= 15 is 0 Å². The molecule has 29 heavy (non-hydrogen) atoms. The highest BCUT2D eigenvalue weighted by atomic mass is 16.5. The summed E-state index contributed by atoms with van der Waals surface area (Å²) < 4.78 is 6.57. The molecular weight excluding hydrogens is 370 g/mol. The highest BCUT2D eigenvalue weighted by Crippen LogP contribution is 2.21. The minimum Gasteiger partial charge on any atom is -0.379 e. The minimum atomic E-state index is -0.259. The molecule has 0 saturated carbocycles. The van der Waals surface area contributed by atoms with Crippen molar-refractivity contribution < 1.29 is 9.53 Å². The largest absolute Gasteiger partial charge is 0.379 e. The fourth-order valence-corrected chi connectivity index (χ4v) is 3.34. The van der Waals surface area contributed by atoms with Crippen LogP contribution in [0.15, 0.2) is 47.5 Å². The molecule has 1 aliphatic rings. The number of benzene rings is 1. The number of hydrogen-bond donors (Lipinski definition) is 2. The molecule has 1 aliphatic heterocycles. The van der Waals surface area contributed by atoms with E-state index < -0.39 is 0 Å². The Bertz CT molecular complexity index is 1150. The summed E-state index contributed by atoms with van der Waals surface area (Å²) in [6.45, 7) is 3.03. The fraction of sp³-hybridized carbons (Fsp3) is 0.238. The van der Waals surface area contributed by atoms with Gasteiger partial charge in [0, 0.05) is 19.0 Å². The molecule has 1 aromatic carbocycles. The van der Waals surface area contributed by atoms with Gasteiger partial charge in [-0.05, 0) is 48.7 Å². The lowest BCUT2D eigenvalue weighted by Crippen LogP contribution is -2.35. The van der Waals surface area contributed by atoms with Crippen LogP contribution in [0.2, 0.25) is 0 Å². The maximum atomic E-state index is 12.9. The van der Waals surface area contributed by atoms with Crippen LogP contribution in [0.3, 0.4) is 0 Å². The van der Waals surface area contributed by atoms with Gasteiger partial charge in [0.05, 0.1) is 35.4 Å². The first-order valence-corrected chi connectivity index (χ1v) is 9.23. The lowest BCUT2D eigenvalue weighted by Gasteiger charge is -2.10. The molecular formula is C21H19N5O3. The van der Waals surface area contributed by atoms with E-state index in [9.17, 15) is 9.59 Å². The van der Waals surface area contributed by atoms with E-state index in [4.69, 9.17) is 10.00 Å². The molecule has 4 rings (SSSR count). The molecule has 1 atom stereocenters. The van der Waals surface area contributed by atoms with Crippen LogP contribution in [0.25, 0.3) is 16.9 Å². The molecule has 1 saturated heterocycles. The third-order valence-corrected chi connectivity index (χ3v) is 4.92. The zero-order valence-electron chi connectivity index (χ0n) is 15.8. The number of carbonyl (C=O) groups is 1. The number of ether oxygens (including phenoxy) is 1. The molecule has 3 aromatic rings. The van der Waals surface area contributed by atoms with E-state index in [-0.39, 0.29) is 17.5 Å². The molecule has 2 aromatic heterocycles. The number of nitrogens with zero attached hydrogens (tertiary/aromatic N) is 3. The molecule has 8 heteroatoms. The standard InChI is InChI=1S/C21H19N5O3/c1-13-8-14(9-22)2-4-17(13)18-11-24-26(21(18)28)19-5-3-15(10-23-19)20(27)25-16-6-7-29-12-16/h2-5,8,10-11,16,24H,6-7,12H2,1H3,(H,25,27)/t16-/m1/s1. The number of hydrogen-bond acceptors (Lipinski definition) is 5. The van der Waals surface area contributed by atoms with E-state index in [1.165, 1.54) is 10.9 Å². The number of aromatic nitrogens is 3. The van der Waals surface area contributed by atoms with Gasteiger partial charge in [-0.1, -0.05) is 6.07 Å². The third-order valence-electron chi connectivity index (χ3n) is 4.92. The second-order valence-electron chi connectivity index (χ2n) is 6.91. The molecule has 0 unspecified atom stereocenters. The molecule has 0 bridgehead atoms. The number of amides is 1. The first-order chi connectivity index (χ1) is 14.1. The van der Waals surface area contributed by atoms with Gasteiger partial charge in [0.15, 0.2) is 5.82 Å². The van der Waals surface area contributed by atoms with Crippen LogP contribution in [0, 0.1) is 18.3 Å². The summed E-state index contributed by atoms with van der Waals surface area (Å²) in [6.07, 6.45) is 3.85. The SMILES string of the molecule is Cc1cc(C#N)ccc1-c1c[nH]n(-c2ccc(C(=O)N[C@@H]3CCOC3)cn2)c1=O. The smallest absolute Gasteiger partial charge is 0.280 e. The van der Waals surface area contributed by atoms with Crippen molar-refractivity contribution in [3.05, 3.63) is 69.8 Å². The monoisotopic (exact) mass is 389 g/mol. The number of aryl methyl sites for hydroxylation is 1. The lowest BCUT2D eigenvalue weighted by atomic mass is 10.0. The Labute approximate surface area is 166 Å². The number of rotatable bonds is 4. The number of pyridine rings is 1. The zero-order chi connectivity index (χ0) is 20.4. The minimum absolute atomic E-state index is 0.0198. The average molecular weight is 389 g/mol. The van der Waals surface area contributed by atoms with Crippen LogP contribution >= 0.6 is 0 Å². The maximum Gasteiger partial charge on any atom is 0.280 e. The Morgan fingerprint density at radius 2 is 2.21 bits per heavy atom. The van der Waals surface area contributed by atoms with Crippen LogP contribution in [0.1, 0.15) is 27.9 Å². The summed E-state index contributed by atoms with van der Waals surface area (Å²) >= 11 is 0. The quantitative estimate of drug-likeness (QED) is 0.708. The first-order valence-electron chi connectivity index (χ1n) is 9.23. The predicted octanol–water partition coefficient (Wildman–Crippen LogP) is 1.93. The number of nitrogens with one attached hydrogen (secondary N) is 2. The van der Waals surface area contributed by atoms with Gasteiger partial charge in [0.2, 0.25) is 0 Å². The number of H-pyrrole nitrogens is 1. The number of nitriles is 1. The molecule has 0 radical (unpaired) electrons. The molecule has 1 amide bonds. The van der Waals surface area contributed by atoms with Crippen LogP contribution < -0.4 is 10.9 Å². The van der Waals surface area contributed by atoms with Crippen molar-refractivity contribution in [2.75, 3.05) is 13.2 Å². The summed E-state index contributed by atoms with van der Waals surface area (Å²) in [4.78, 5) is 29.4. The Morgan fingerprint density at radius 3 is 2.86 bits per heavy atom. The molecule has 2 N–H and O–H groups in total. The van der Waals surface area contributed by atoms with Crippen molar-refractivity contribution in [1.29, 1.82) is 5.26 Å². The van der Waals surface area contributed by atoms with Crippen LogP contribution in [-0.4, -0.2) is 39.9 Å². The molecule has 3 heterocycles. The summed E-state index contributed by atoms with van der Waals surface area (Å²) in [5, 5.41) is 14.8. The normalized spacial score (nSPS) is 15.8. The van der Waals surface area contributed by atoms with Gasteiger partial charge in [0.25, 0.3) is 11.5 Å². The van der Waals surface area contributed by atoms with Crippen LogP contribution in [-0.2, 0) is 4.74 Å². The predicted molar refractivity (Wildman–Crippen MR) is 106 cm³/mol. The Hall–Kier alpha value is -3.70. The number of aromatic amines is 1. The molecule has 146 valence electrons. The van der Waals surface area contributed by atoms with Gasteiger partial charge in [-0.15, -0.1) is 0 Å². The van der Waals surface area contributed by atoms with E-state index in [0.29, 0.717) is 35.7 Å². The van der Waals surface area contributed by atoms with Gasteiger partial charge >= 0.3 is 0 Å². The summed E-state index contributed by atoms with van der Waals surface area (Å²) in [5.74, 6) is 0.167.